The van der Waals surface area contributed by atoms with E-state index >= 15 is 0 Å². The minimum absolute atomic E-state index is 0.114. The number of aliphatic hydroxyl groups excluding tert-OH is 1. The molecular formula is C20H30FN3O2. The number of piperidine rings is 1. The molecule has 3 rings (SSSR count). The van der Waals surface area contributed by atoms with E-state index in [2.05, 4.69) is 16.8 Å². The molecule has 0 aromatic heterocycles. The van der Waals surface area contributed by atoms with Crippen LogP contribution in [0.4, 0.5) is 4.39 Å². The van der Waals surface area contributed by atoms with E-state index in [1.54, 1.807) is 12.1 Å². The Morgan fingerprint density at radius 2 is 1.85 bits per heavy atom. The van der Waals surface area contributed by atoms with Crippen molar-refractivity contribution in [2.45, 2.75) is 37.8 Å². The van der Waals surface area contributed by atoms with Crippen LogP contribution in [0.25, 0.3) is 0 Å². The zero-order valence-electron chi connectivity index (χ0n) is 15.6. The summed E-state index contributed by atoms with van der Waals surface area (Å²) in [5.41, 5.74) is 1.05. The van der Waals surface area contributed by atoms with Gasteiger partial charge in [0.2, 0.25) is 5.91 Å². The molecule has 2 atom stereocenters. The summed E-state index contributed by atoms with van der Waals surface area (Å²) in [5, 5.41) is 10.6. The van der Waals surface area contributed by atoms with E-state index in [4.69, 9.17) is 0 Å². The molecule has 1 aromatic rings. The number of β-amino-alcohol motifs (C(OH)–C–C–N with tert-alkyl or cyclic N) is 1. The van der Waals surface area contributed by atoms with Crippen molar-refractivity contribution in [1.82, 2.24) is 14.7 Å². The normalized spacial score (nSPS) is 25.4. The molecule has 0 saturated carbocycles. The number of aryl methyl sites for hydroxylation is 1. The van der Waals surface area contributed by atoms with Gasteiger partial charge in [0, 0.05) is 51.7 Å². The average Bonchev–Trinajstić information content (AvgIpc) is 2.64. The maximum Gasteiger partial charge on any atom is 0.222 e. The Morgan fingerprint density at radius 1 is 1.15 bits per heavy atom. The predicted octanol–water partition coefficient (Wildman–Crippen LogP) is 1.36. The highest BCUT2D eigenvalue weighted by Crippen LogP contribution is 2.20. The van der Waals surface area contributed by atoms with E-state index in [1.165, 1.54) is 12.1 Å². The quantitative estimate of drug-likeness (QED) is 0.858. The molecule has 0 radical (unpaired) electrons. The number of hydrogen-bond donors (Lipinski definition) is 1. The fourth-order valence-corrected chi connectivity index (χ4v) is 3.98. The monoisotopic (exact) mass is 363 g/mol. The summed E-state index contributed by atoms with van der Waals surface area (Å²) in [5.74, 6) is -0.120. The Kier molecular flexibility index (Phi) is 6.62. The number of nitrogens with zero attached hydrogens (tertiary/aromatic N) is 3. The van der Waals surface area contributed by atoms with Crippen LogP contribution < -0.4 is 0 Å². The number of piperazine rings is 1. The number of carbonyl (C=O) groups excluding carboxylic acids is 1. The molecule has 0 unspecified atom stereocenters. The van der Waals surface area contributed by atoms with Crippen molar-refractivity contribution in [2.24, 2.45) is 0 Å². The van der Waals surface area contributed by atoms with Gasteiger partial charge in [-0.1, -0.05) is 12.1 Å². The third-order valence-corrected chi connectivity index (χ3v) is 5.68. The third kappa shape index (κ3) is 5.02. The van der Waals surface area contributed by atoms with E-state index in [0.29, 0.717) is 13.0 Å². The molecule has 5 nitrogen and oxygen atoms in total. The van der Waals surface area contributed by atoms with E-state index < -0.39 is 6.10 Å². The summed E-state index contributed by atoms with van der Waals surface area (Å²) in [6.07, 6.45) is 2.37. The SMILES string of the molecule is CN1CCN([C@@H]2CCN(C(=O)CCCc3ccc(F)cc3)C[C@H]2O)CC1. The van der Waals surface area contributed by atoms with Crippen LogP contribution in [0.5, 0.6) is 0 Å². The fourth-order valence-electron chi connectivity index (χ4n) is 3.98. The molecule has 1 amide bonds. The van der Waals surface area contributed by atoms with Crippen molar-refractivity contribution in [1.29, 1.82) is 0 Å². The van der Waals surface area contributed by atoms with Crippen molar-refractivity contribution >= 4 is 5.91 Å². The minimum Gasteiger partial charge on any atom is -0.390 e. The standard InChI is InChI=1S/C20H30FN3O2/c1-22-11-13-23(14-12-22)18-9-10-24(15-19(18)25)20(26)4-2-3-16-5-7-17(21)8-6-16/h5-8,18-19,25H,2-4,9-15H2,1H3/t18-,19-/m1/s1. The second-order valence-corrected chi connectivity index (χ2v) is 7.58. The van der Waals surface area contributed by atoms with Crippen molar-refractivity contribution in [3.8, 4) is 0 Å². The van der Waals surface area contributed by atoms with Crippen LogP contribution in [0, 0.1) is 5.82 Å². The molecule has 144 valence electrons. The largest absolute Gasteiger partial charge is 0.390 e. The Balaban J connectivity index is 1.41. The number of benzene rings is 1. The van der Waals surface area contributed by atoms with Crippen LogP contribution in [0.15, 0.2) is 24.3 Å². The summed E-state index contributed by atoms with van der Waals surface area (Å²) in [6.45, 7) is 5.22. The molecule has 0 bridgehead atoms. The summed E-state index contributed by atoms with van der Waals surface area (Å²) < 4.78 is 12.9. The smallest absolute Gasteiger partial charge is 0.222 e. The van der Waals surface area contributed by atoms with Crippen molar-refractivity contribution in [2.75, 3.05) is 46.3 Å². The highest BCUT2D eigenvalue weighted by Gasteiger charge is 2.34. The molecule has 2 saturated heterocycles. The van der Waals surface area contributed by atoms with Gasteiger partial charge in [0.15, 0.2) is 0 Å². The summed E-state index contributed by atoms with van der Waals surface area (Å²) >= 11 is 0. The summed E-state index contributed by atoms with van der Waals surface area (Å²) in [7, 11) is 2.13. The van der Waals surface area contributed by atoms with Gasteiger partial charge in [-0.15, -0.1) is 0 Å². The van der Waals surface area contributed by atoms with Crippen molar-refractivity contribution in [3.05, 3.63) is 35.6 Å². The van der Waals surface area contributed by atoms with Crippen LogP contribution in [0.3, 0.4) is 0 Å². The van der Waals surface area contributed by atoms with Gasteiger partial charge in [0.25, 0.3) is 0 Å². The molecule has 1 N–H and O–H groups in total. The second-order valence-electron chi connectivity index (χ2n) is 7.58. The van der Waals surface area contributed by atoms with Gasteiger partial charge in [-0.3, -0.25) is 9.69 Å². The molecule has 0 spiro atoms. The van der Waals surface area contributed by atoms with Crippen LogP contribution in [0.2, 0.25) is 0 Å². The topological polar surface area (TPSA) is 47.0 Å². The van der Waals surface area contributed by atoms with Crippen LogP contribution in [0.1, 0.15) is 24.8 Å². The van der Waals surface area contributed by atoms with Crippen LogP contribution in [-0.2, 0) is 11.2 Å². The number of amides is 1. The van der Waals surface area contributed by atoms with Gasteiger partial charge < -0.3 is 14.9 Å². The first-order chi connectivity index (χ1) is 12.5. The highest BCUT2D eigenvalue weighted by molar-refractivity contribution is 5.76. The lowest BCUT2D eigenvalue weighted by atomic mass is 9.98. The van der Waals surface area contributed by atoms with Crippen molar-refractivity contribution in [3.63, 3.8) is 0 Å². The second kappa shape index (κ2) is 8.93. The zero-order valence-corrected chi connectivity index (χ0v) is 15.6. The maximum atomic E-state index is 12.9. The molecule has 1 aromatic carbocycles. The average molecular weight is 363 g/mol. The molecule has 2 fully saturated rings. The van der Waals surface area contributed by atoms with Crippen LogP contribution >= 0.6 is 0 Å². The predicted molar refractivity (Wildman–Crippen MR) is 99.4 cm³/mol. The maximum absolute atomic E-state index is 12.9. The first kappa shape index (κ1) is 19.3. The Bertz CT molecular complexity index is 587. The number of hydrogen-bond acceptors (Lipinski definition) is 4. The number of halogens is 1. The zero-order chi connectivity index (χ0) is 18.5. The molecule has 26 heavy (non-hydrogen) atoms. The van der Waals surface area contributed by atoms with E-state index in [1.807, 2.05) is 4.90 Å². The van der Waals surface area contributed by atoms with Crippen LogP contribution in [-0.4, -0.2) is 84.2 Å². The Morgan fingerprint density at radius 3 is 2.50 bits per heavy atom. The summed E-state index contributed by atoms with van der Waals surface area (Å²) in [4.78, 5) is 18.9. The molecule has 2 heterocycles. The molecule has 2 aliphatic heterocycles. The lowest BCUT2D eigenvalue weighted by molar-refractivity contribution is -0.136. The van der Waals surface area contributed by atoms with Gasteiger partial charge in [-0.2, -0.15) is 0 Å². The van der Waals surface area contributed by atoms with E-state index in [0.717, 1.165) is 57.5 Å². The van der Waals surface area contributed by atoms with Gasteiger partial charge >= 0.3 is 0 Å². The lowest BCUT2D eigenvalue weighted by Crippen LogP contribution is -2.59. The molecule has 0 aliphatic carbocycles. The van der Waals surface area contributed by atoms with Gasteiger partial charge in [0.1, 0.15) is 5.82 Å². The summed E-state index contributed by atoms with van der Waals surface area (Å²) in [6, 6.07) is 6.62. The van der Waals surface area contributed by atoms with Gasteiger partial charge in [-0.25, -0.2) is 4.39 Å². The fraction of sp³-hybridized carbons (Fsp3) is 0.650. The Hall–Kier alpha value is -1.50. The third-order valence-electron chi connectivity index (χ3n) is 5.68. The highest BCUT2D eigenvalue weighted by atomic mass is 19.1. The first-order valence-electron chi connectivity index (χ1n) is 9.66. The number of likely N-dealkylation sites (tertiary alicyclic amines) is 1. The lowest BCUT2D eigenvalue weighted by Gasteiger charge is -2.44. The van der Waals surface area contributed by atoms with Gasteiger partial charge in [0.05, 0.1) is 6.10 Å². The first-order valence-corrected chi connectivity index (χ1v) is 9.66. The van der Waals surface area contributed by atoms with E-state index in [-0.39, 0.29) is 17.8 Å². The number of rotatable bonds is 5. The number of likely N-dealkylation sites (N-methyl/N-ethyl adjacent to an activating group) is 1. The number of carbonyl (C=O) groups is 1. The van der Waals surface area contributed by atoms with Gasteiger partial charge in [-0.05, 0) is 44.0 Å². The molecular weight excluding hydrogens is 333 g/mol. The molecule has 2 aliphatic rings. The Labute approximate surface area is 155 Å². The van der Waals surface area contributed by atoms with Crippen molar-refractivity contribution < 1.29 is 14.3 Å². The van der Waals surface area contributed by atoms with E-state index in [9.17, 15) is 14.3 Å². The minimum atomic E-state index is -0.465. The number of aliphatic hydroxyl groups is 1. The molecule has 6 heteroatoms.